The third-order valence-corrected chi connectivity index (χ3v) is 3.81. The van der Waals surface area contributed by atoms with E-state index in [0.717, 1.165) is 27.6 Å². The van der Waals surface area contributed by atoms with Gasteiger partial charge in [0.05, 0.1) is 6.61 Å². The molecule has 0 aliphatic heterocycles. The van der Waals surface area contributed by atoms with Crippen LogP contribution in [0.3, 0.4) is 0 Å². The van der Waals surface area contributed by atoms with Gasteiger partial charge in [0.2, 0.25) is 0 Å². The number of aromatic nitrogens is 1. The van der Waals surface area contributed by atoms with Gasteiger partial charge in [-0.1, -0.05) is 23.8 Å². The fraction of sp³-hybridized carbons (Fsp3) is 0.167. The van der Waals surface area contributed by atoms with Crippen LogP contribution in [0.4, 0.5) is 5.69 Å². The summed E-state index contributed by atoms with van der Waals surface area (Å²) in [5, 5.41) is 13.1. The fourth-order valence-corrected chi connectivity index (χ4v) is 2.61. The Morgan fingerprint density at radius 3 is 2.77 bits per heavy atom. The van der Waals surface area contributed by atoms with Gasteiger partial charge in [-0.25, -0.2) is 0 Å². The lowest BCUT2D eigenvalue weighted by Gasteiger charge is -2.06. The van der Waals surface area contributed by atoms with Crippen LogP contribution in [0.25, 0.3) is 10.9 Å². The zero-order valence-corrected chi connectivity index (χ0v) is 12.6. The van der Waals surface area contributed by atoms with Crippen LogP contribution < -0.4 is 5.32 Å². The topological polar surface area (TPSA) is 65.1 Å². The molecule has 0 saturated heterocycles. The van der Waals surface area contributed by atoms with Crippen molar-refractivity contribution in [2.45, 2.75) is 20.5 Å². The van der Waals surface area contributed by atoms with Gasteiger partial charge in [0, 0.05) is 16.6 Å². The maximum Gasteiger partial charge on any atom is 0.272 e. The van der Waals surface area contributed by atoms with Crippen LogP contribution >= 0.6 is 0 Å². The zero-order valence-electron chi connectivity index (χ0n) is 12.6. The van der Waals surface area contributed by atoms with Crippen molar-refractivity contribution in [2.24, 2.45) is 0 Å². The first-order valence-corrected chi connectivity index (χ1v) is 7.18. The summed E-state index contributed by atoms with van der Waals surface area (Å²) in [5.41, 5.74) is 5.06. The number of benzene rings is 2. The summed E-state index contributed by atoms with van der Waals surface area (Å²) in [4.78, 5) is 15.7. The summed E-state index contributed by atoms with van der Waals surface area (Å²) in [5.74, 6) is -0.179. The number of nitrogens with one attached hydrogen (secondary N) is 2. The number of carbonyl (C=O) groups is 1. The van der Waals surface area contributed by atoms with Crippen molar-refractivity contribution in [3.8, 4) is 0 Å². The highest BCUT2D eigenvalue weighted by molar-refractivity contribution is 6.07. The first kappa shape index (κ1) is 14.4. The summed E-state index contributed by atoms with van der Waals surface area (Å²) < 4.78 is 0. The Labute approximate surface area is 128 Å². The molecule has 0 aliphatic carbocycles. The average Bonchev–Trinajstić information content (AvgIpc) is 2.84. The molecular formula is C18H18N2O2. The minimum Gasteiger partial charge on any atom is -0.392 e. The van der Waals surface area contributed by atoms with Crippen molar-refractivity contribution < 1.29 is 9.90 Å². The Morgan fingerprint density at radius 2 is 2.00 bits per heavy atom. The summed E-state index contributed by atoms with van der Waals surface area (Å²) in [6.45, 7) is 3.93. The van der Waals surface area contributed by atoms with Crippen LogP contribution in [0.15, 0.2) is 42.5 Å². The summed E-state index contributed by atoms with van der Waals surface area (Å²) in [6, 6.07) is 13.3. The molecule has 0 bridgehead atoms. The molecule has 0 spiro atoms. The van der Waals surface area contributed by atoms with E-state index in [1.54, 1.807) is 12.1 Å². The van der Waals surface area contributed by atoms with Gasteiger partial charge in [-0.3, -0.25) is 4.79 Å². The van der Waals surface area contributed by atoms with E-state index in [2.05, 4.69) is 16.4 Å². The molecule has 3 aromatic rings. The molecule has 4 heteroatoms. The molecule has 2 aromatic carbocycles. The summed E-state index contributed by atoms with van der Waals surface area (Å²) in [7, 11) is 0. The first-order chi connectivity index (χ1) is 10.6. The number of hydrogen-bond donors (Lipinski definition) is 3. The molecular weight excluding hydrogens is 276 g/mol. The third kappa shape index (κ3) is 2.61. The van der Waals surface area contributed by atoms with E-state index in [4.69, 9.17) is 5.11 Å². The molecule has 1 heterocycles. The maximum atomic E-state index is 12.5. The maximum absolute atomic E-state index is 12.5. The van der Waals surface area contributed by atoms with Crippen molar-refractivity contribution in [3.63, 3.8) is 0 Å². The van der Waals surface area contributed by atoms with Crippen LogP contribution in [0.2, 0.25) is 0 Å². The van der Waals surface area contributed by atoms with E-state index in [1.165, 1.54) is 0 Å². The highest BCUT2D eigenvalue weighted by atomic mass is 16.3. The van der Waals surface area contributed by atoms with E-state index in [-0.39, 0.29) is 12.5 Å². The normalized spacial score (nSPS) is 10.9. The zero-order chi connectivity index (χ0) is 15.7. The second-order valence-electron chi connectivity index (χ2n) is 5.49. The molecule has 3 N–H and O–H groups in total. The molecule has 0 aliphatic rings. The molecule has 0 radical (unpaired) electrons. The monoisotopic (exact) mass is 294 g/mol. The number of aliphatic hydroxyl groups is 1. The standard InChI is InChI=1S/C18H18N2O2/c1-11-6-7-16-15(8-11)12(2)17(20-16)18(22)19-14-5-3-4-13(9-14)10-21/h3-9,20-21H,10H2,1-2H3,(H,19,22). The summed E-state index contributed by atoms with van der Waals surface area (Å²) in [6.07, 6.45) is 0. The molecule has 112 valence electrons. The smallest absolute Gasteiger partial charge is 0.272 e. The Kier molecular flexibility index (Phi) is 3.69. The molecule has 0 atom stereocenters. The van der Waals surface area contributed by atoms with E-state index in [9.17, 15) is 4.79 Å². The molecule has 1 amide bonds. The Balaban J connectivity index is 1.93. The SMILES string of the molecule is Cc1ccc2[nH]c(C(=O)Nc3cccc(CO)c3)c(C)c2c1. The predicted octanol–water partition coefficient (Wildman–Crippen LogP) is 3.53. The number of H-pyrrole nitrogens is 1. The van der Waals surface area contributed by atoms with Crippen LogP contribution in [0.5, 0.6) is 0 Å². The van der Waals surface area contributed by atoms with Gasteiger partial charge in [-0.15, -0.1) is 0 Å². The number of aromatic amines is 1. The number of aryl methyl sites for hydroxylation is 2. The molecule has 0 unspecified atom stereocenters. The van der Waals surface area contributed by atoms with Crippen molar-refractivity contribution in [1.82, 2.24) is 4.98 Å². The molecule has 3 rings (SSSR count). The number of amides is 1. The largest absolute Gasteiger partial charge is 0.392 e. The number of fused-ring (bicyclic) bond motifs is 1. The van der Waals surface area contributed by atoms with E-state index in [1.807, 2.05) is 38.1 Å². The Hall–Kier alpha value is -2.59. The fourth-order valence-electron chi connectivity index (χ4n) is 2.61. The van der Waals surface area contributed by atoms with Gasteiger partial charge < -0.3 is 15.4 Å². The number of rotatable bonds is 3. The van der Waals surface area contributed by atoms with Gasteiger partial charge in [0.25, 0.3) is 5.91 Å². The number of aliphatic hydroxyl groups excluding tert-OH is 1. The van der Waals surface area contributed by atoms with Crippen molar-refractivity contribution in [2.75, 3.05) is 5.32 Å². The molecule has 0 saturated carbocycles. The lowest BCUT2D eigenvalue weighted by molar-refractivity contribution is 0.102. The van der Waals surface area contributed by atoms with Crippen molar-refractivity contribution in [3.05, 3.63) is 64.8 Å². The van der Waals surface area contributed by atoms with Gasteiger partial charge in [0.15, 0.2) is 0 Å². The van der Waals surface area contributed by atoms with Crippen LogP contribution in [0.1, 0.15) is 27.2 Å². The van der Waals surface area contributed by atoms with Crippen LogP contribution in [0, 0.1) is 13.8 Å². The van der Waals surface area contributed by atoms with E-state index in [0.29, 0.717) is 11.4 Å². The second-order valence-corrected chi connectivity index (χ2v) is 5.49. The Morgan fingerprint density at radius 1 is 1.18 bits per heavy atom. The predicted molar refractivity (Wildman–Crippen MR) is 88.1 cm³/mol. The molecule has 4 nitrogen and oxygen atoms in total. The van der Waals surface area contributed by atoms with Gasteiger partial charge in [-0.05, 0) is 49.2 Å². The van der Waals surface area contributed by atoms with Crippen molar-refractivity contribution in [1.29, 1.82) is 0 Å². The third-order valence-electron chi connectivity index (χ3n) is 3.81. The van der Waals surface area contributed by atoms with Gasteiger partial charge in [0.1, 0.15) is 5.69 Å². The highest BCUT2D eigenvalue weighted by Gasteiger charge is 2.15. The van der Waals surface area contributed by atoms with Crippen LogP contribution in [-0.4, -0.2) is 16.0 Å². The summed E-state index contributed by atoms with van der Waals surface area (Å²) >= 11 is 0. The number of hydrogen-bond acceptors (Lipinski definition) is 2. The van der Waals surface area contributed by atoms with Crippen molar-refractivity contribution >= 4 is 22.5 Å². The van der Waals surface area contributed by atoms with Gasteiger partial charge in [-0.2, -0.15) is 0 Å². The Bertz CT molecular complexity index is 849. The van der Waals surface area contributed by atoms with E-state index < -0.39 is 0 Å². The molecule has 1 aromatic heterocycles. The van der Waals surface area contributed by atoms with Crippen LogP contribution in [-0.2, 0) is 6.61 Å². The number of carbonyl (C=O) groups excluding carboxylic acids is 1. The quantitative estimate of drug-likeness (QED) is 0.692. The lowest BCUT2D eigenvalue weighted by Crippen LogP contribution is -2.13. The average molecular weight is 294 g/mol. The molecule has 0 fully saturated rings. The minimum atomic E-state index is -0.179. The minimum absolute atomic E-state index is 0.0472. The lowest BCUT2D eigenvalue weighted by atomic mass is 10.1. The molecule has 22 heavy (non-hydrogen) atoms. The first-order valence-electron chi connectivity index (χ1n) is 7.18. The highest BCUT2D eigenvalue weighted by Crippen LogP contribution is 2.23. The van der Waals surface area contributed by atoms with E-state index >= 15 is 0 Å². The number of anilines is 1. The van der Waals surface area contributed by atoms with Gasteiger partial charge >= 0.3 is 0 Å². The second kappa shape index (κ2) is 5.66.